The number of likely N-dealkylation sites (tertiary alicyclic amines) is 1. The molecule has 0 saturated carbocycles. The zero-order valence-corrected chi connectivity index (χ0v) is 16.9. The maximum atomic E-state index is 12.7. The van der Waals surface area contributed by atoms with E-state index in [1.807, 2.05) is 28.9 Å². The van der Waals surface area contributed by atoms with Crippen molar-refractivity contribution in [2.75, 3.05) is 25.9 Å². The summed E-state index contributed by atoms with van der Waals surface area (Å²) in [6, 6.07) is 2.23. The number of fused-ring (bicyclic) bond motifs is 4. The molecule has 0 unspecified atom stereocenters. The summed E-state index contributed by atoms with van der Waals surface area (Å²) in [6.07, 6.45) is 6.63. The summed E-state index contributed by atoms with van der Waals surface area (Å²) in [5, 5.41) is 4.26. The number of hydrogen-bond donors (Lipinski definition) is 1. The monoisotopic (exact) mass is 395 g/mol. The summed E-state index contributed by atoms with van der Waals surface area (Å²) in [5.74, 6) is 0.960. The van der Waals surface area contributed by atoms with E-state index in [1.165, 1.54) is 11.9 Å². The highest BCUT2D eigenvalue weighted by Crippen LogP contribution is 2.41. The van der Waals surface area contributed by atoms with Crippen LogP contribution in [0.5, 0.6) is 0 Å². The molecule has 3 saturated heterocycles. The number of piperidine rings is 3. The van der Waals surface area contributed by atoms with Crippen LogP contribution < -0.4 is 4.72 Å². The number of aryl methyl sites for hydroxylation is 1. The standard InChI is InChI=1S/C18H29N5O3S/c1-21-15(6-7-19-21)12-22-10-13-8-14(11-22)17(9-20-27(2,25)26)23-16(13)4-3-5-18(23)24/h6-7,13-14,16-17,20H,3-5,8-12H2,1-2H3/t13-,14+,16+,17+/m1/s1. The van der Waals surface area contributed by atoms with Gasteiger partial charge in [0, 0.05) is 57.9 Å². The lowest BCUT2D eigenvalue weighted by Crippen LogP contribution is -2.67. The summed E-state index contributed by atoms with van der Waals surface area (Å²) in [5.41, 5.74) is 1.18. The fourth-order valence-electron chi connectivity index (χ4n) is 5.29. The van der Waals surface area contributed by atoms with Gasteiger partial charge in [-0.1, -0.05) is 0 Å². The zero-order chi connectivity index (χ0) is 19.2. The quantitative estimate of drug-likeness (QED) is 0.768. The van der Waals surface area contributed by atoms with Gasteiger partial charge in [-0.25, -0.2) is 13.1 Å². The van der Waals surface area contributed by atoms with Gasteiger partial charge in [-0.15, -0.1) is 0 Å². The first-order valence-electron chi connectivity index (χ1n) is 9.77. The van der Waals surface area contributed by atoms with Gasteiger partial charge in [0.05, 0.1) is 11.9 Å². The molecule has 1 N–H and O–H groups in total. The summed E-state index contributed by atoms with van der Waals surface area (Å²) < 4.78 is 27.9. The van der Waals surface area contributed by atoms with Gasteiger partial charge in [0.25, 0.3) is 0 Å². The van der Waals surface area contributed by atoms with Crippen LogP contribution in [-0.4, -0.2) is 71.9 Å². The molecule has 2 bridgehead atoms. The van der Waals surface area contributed by atoms with Crippen molar-refractivity contribution in [2.24, 2.45) is 18.9 Å². The van der Waals surface area contributed by atoms with Crippen LogP contribution >= 0.6 is 0 Å². The molecule has 1 amide bonds. The average Bonchev–Trinajstić information content (AvgIpc) is 2.99. The number of aromatic nitrogens is 2. The molecular weight excluding hydrogens is 366 g/mol. The lowest BCUT2D eigenvalue weighted by molar-refractivity contribution is -0.152. The first-order chi connectivity index (χ1) is 12.8. The Bertz CT molecular complexity index is 808. The molecule has 3 aliphatic heterocycles. The van der Waals surface area contributed by atoms with Crippen LogP contribution in [0.25, 0.3) is 0 Å². The number of hydrogen-bond acceptors (Lipinski definition) is 5. The summed E-state index contributed by atoms with van der Waals surface area (Å²) in [7, 11) is -1.32. The SMILES string of the molecule is Cn1nccc1CN1C[C@H]2C[C@@H](C1)[C@H](CNS(C)(=O)=O)N1C(=O)CCC[C@@H]21. The van der Waals surface area contributed by atoms with Gasteiger partial charge < -0.3 is 4.90 Å². The Kier molecular flexibility index (Phi) is 5.02. The highest BCUT2D eigenvalue weighted by Gasteiger charge is 2.49. The molecule has 1 aromatic heterocycles. The lowest BCUT2D eigenvalue weighted by atomic mass is 9.72. The second-order valence-electron chi connectivity index (χ2n) is 8.34. The minimum Gasteiger partial charge on any atom is -0.335 e. The molecule has 4 rings (SSSR count). The minimum atomic E-state index is -3.28. The Morgan fingerprint density at radius 3 is 2.78 bits per heavy atom. The summed E-state index contributed by atoms with van der Waals surface area (Å²) >= 11 is 0. The van der Waals surface area contributed by atoms with Crippen LogP contribution in [0.4, 0.5) is 0 Å². The van der Waals surface area contributed by atoms with E-state index in [9.17, 15) is 13.2 Å². The van der Waals surface area contributed by atoms with Crippen molar-refractivity contribution in [3.63, 3.8) is 0 Å². The van der Waals surface area contributed by atoms with Crippen LogP contribution in [-0.2, 0) is 28.4 Å². The molecule has 1 aromatic rings. The topological polar surface area (TPSA) is 87.5 Å². The summed E-state index contributed by atoms with van der Waals surface area (Å²) in [4.78, 5) is 17.2. The van der Waals surface area contributed by atoms with Gasteiger partial charge in [0.2, 0.25) is 15.9 Å². The first-order valence-corrected chi connectivity index (χ1v) is 11.7. The molecule has 0 aromatic carbocycles. The van der Waals surface area contributed by atoms with E-state index in [0.717, 1.165) is 38.9 Å². The predicted molar refractivity (Wildman–Crippen MR) is 101 cm³/mol. The van der Waals surface area contributed by atoms with Gasteiger partial charge in [-0.3, -0.25) is 14.4 Å². The molecule has 0 aliphatic carbocycles. The van der Waals surface area contributed by atoms with Gasteiger partial charge in [-0.2, -0.15) is 5.10 Å². The predicted octanol–water partition coefficient (Wildman–Crippen LogP) is 0.171. The maximum absolute atomic E-state index is 12.7. The number of carbonyl (C=O) groups excluding carboxylic acids is 1. The molecule has 0 spiro atoms. The molecule has 150 valence electrons. The smallest absolute Gasteiger partial charge is 0.223 e. The Morgan fingerprint density at radius 1 is 1.30 bits per heavy atom. The third-order valence-electron chi connectivity index (χ3n) is 6.44. The average molecular weight is 396 g/mol. The number of nitrogens with zero attached hydrogens (tertiary/aromatic N) is 4. The summed E-state index contributed by atoms with van der Waals surface area (Å²) in [6.45, 7) is 3.03. The Labute approximate surface area is 160 Å². The van der Waals surface area contributed by atoms with Crippen LogP contribution in [0.1, 0.15) is 31.4 Å². The van der Waals surface area contributed by atoms with Crippen molar-refractivity contribution >= 4 is 15.9 Å². The molecule has 27 heavy (non-hydrogen) atoms. The molecule has 3 fully saturated rings. The van der Waals surface area contributed by atoms with Crippen LogP contribution in [0.15, 0.2) is 12.3 Å². The number of carbonyl (C=O) groups is 1. The third kappa shape index (κ3) is 3.90. The van der Waals surface area contributed by atoms with Crippen molar-refractivity contribution in [3.05, 3.63) is 18.0 Å². The maximum Gasteiger partial charge on any atom is 0.223 e. The van der Waals surface area contributed by atoms with E-state index < -0.39 is 10.0 Å². The van der Waals surface area contributed by atoms with Gasteiger partial charge in [0.15, 0.2) is 0 Å². The number of sulfonamides is 1. The second-order valence-corrected chi connectivity index (χ2v) is 10.2. The van der Waals surface area contributed by atoms with Crippen molar-refractivity contribution in [1.29, 1.82) is 0 Å². The molecule has 9 heteroatoms. The van der Waals surface area contributed by atoms with E-state index >= 15 is 0 Å². The fourth-order valence-corrected chi connectivity index (χ4v) is 5.76. The molecule has 4 atom stereocenters. The van der Waals surface area contributed by atoms with Gasteiger partial charge >= 0.3 is 0 Å². The molecular formula is C18H29N5O3S. The van der Waals surface area contributed by atoms with Gasteiger partial charge in [0.1, 0.15) is 0 Å². The van der Waals surface area contributed by atoms with E-state index in [4.69, 9.17) is 0 Å². The minimum absolute atomic E-state index is 0.0527. The molecule has 3 aliphatic rings. The van der Waals surface area contributed by atoms with Crippen LogP contribution in [0.3, 0.4) is 0 Å². The Morgan fingerprint density at radius 2 is 2.07 bits per heavy atom. The van der Waals surface area contributed by atoms with E-state index in [-0.39, 0.29) is 18.0 Å². The van der Waals surface area contributed by atoms with E-state index in [2.05, 4.69) is 14.7 Å². The normalized spacial score (nSPS) is 31.8. The van der Waals surface area contributed by atoms with Gasteiger partial charge in [-0.05, 0) is 37.2 Å². The van der Waals surface area contributed by atoms with E-state index in [0.29, 0.717) is 24.8 Å². The highest BCUT2D eigenvalue weighted by atomic mass is 32.2. The van der Waals surface area contributed by atoms with Crippen LogP contribution in [0.2, 0.25) is 0 Å². The second kappa shape index (κ2) is 7.18. The Hall–Kier alpha value is -1.45. The largest absolute Gasteiger partial charge is 0.335 e. The number of amides is 1. The zero-order valence-electron chi connectivity index (χ0n) is 16.0. The third-order valence-corrected chi connectivity index (χ3v) is 7.13. The van der Waals surface area contributed by atoms with Crippen molar-refractivity contribution < 1.29 is 13.2 Å². The fraction of sp³-hybridized carbons (Fsp3) is 0.778. The first kappa shape index (κ1) is 18.9. The Balaban J connectivity index is 1.56. The highest BCUT2D eigenvalue weighted by molar-refractivity contribution is 7.88. The molecule has 4 heterocycles. The number of nitrogens with one attached hydrogen (secondary N) is 1. The van der Waals surface area contributed by atoms with E-state index in [1.54, 1.807) is 0 Å². The van der Waals surface area contributed by atoms with Crippen molar-refractivity contribution in [3.8, 4) is 0 Å². The van der Waals surface area contributed by atoms with Crippen molar-refractivity contribution in [2.45, 2.75) is 44.3 Å². The molecule has 8 nitrogen and oxygen atoms in total. The number of rotatable bonds is 5. The lowest BCUT2D eigenvalue weighted by Gasteiger charge is -2.56. The van der Waals surface area contributed by atoms with Crippen LogP contribution in [0, 0.1) is 11.8 Å². The van der Waals surface area contributed by atoms with Crippen molar-refractivity contribution in [1.82, 2.24) is 24.3 Å². The molecule has 0 radical (unpaired) electrons.